The van der Waals surface area contributed by atoms with E-state index in [0.29, 0.717) is 18.5 Å². The molecule has 1 aromatic heterocycles. The van der Waals surface area contributed by atoms with Crippen LogP contribution < -0.4 is 5.56 Å². The van der Waals surface area contributed by atoms with Crippen molar-refractivity contribution in [2.24, 2.45) is 0 Å². The number of nitrogens with one attached hydrogen (secondary N) is 1. The van der Waals surface area contributed by atoms with E-state index >= 15 is 0 Å². The average Bonchev–Trinajstić information content (AvgIpc) is 2.67. The Hall–Kier alpha value is -3.28. The minimum atomic E-state index is -0.406. The van der Waals surface area contributed by atoms with E-state index in [1.54, 1.807) is 11.0 Å². The molecule has 6 heteroatoms. The van der Waals surface area contributed by atoms with Gasteiger partial charge in [-0.25, -0.2) is 9.49 Å². The molecule has 0 saturated carbocycles. The van der Waals surface area contributed by atoms with Crippen LogP contribution in [0.1, 0.15) is 33.2 Å². The molecule has 5 nitrogen and oxygen atoms in total. The predicted octanol–water partition coefficient (Wildman–Crippen LogP) is 2.70. The monoisotopic (exact) mass is 349 g/mol. The zero-order chi connectivity index (χ0) is 18.1. The molecule has 0 radical (unpaired) electrons. The molecule has 1 aliphatic rings. The molecule has 0 bridgehead atoms. The highest BCUT2D eigenvalue weighted by molar-refractivity contribution is 5.93. The van der Waals surface area contributed by atoms with Crippen LogP contribution in [-0.4, -0.2) is 27.5 Å². The van der Waals surface area contributed by atoms with Gasteiger partial charge in [-0.3, -0.25) is 9.59 Å². The lowest BCUT2D eigenvalue weighted by Gasteiger charge is -2.37. The fourth-order valence-electron chi connectivity index (χ4n) is 3.43. The van der Waals surface area contributed by atoms with Crippen molar-refractivity contribution in [3.8, 4) is 0 Å². The molecule has 1 N–H and O–H groups in total. The number of carbonyl (C=O) groups is 1. The highest BCUT2D eigenvalue weighted by Gasteiger charge is 2.33. The van der Waals surface area contributed by atoms with Gasteiger partial charge in [-0.2, -0.15) is 5.10 Å². The Bertz CT molecular complexity index is 1010. The second kappa shape index (κ2) is 6.55. The number of aromatic nitrogens is 2. The van der Waals surface area contributed by atoms with Gasteiger partial charge >= 0.3 is 0 Å². The Kier molecular flexibility index (Phi) is 4.08. The third-order valence-corrected chi connectivity index (χ3v) is 4.61. The molecular weight excluding hydrogens is 333 g/mol. The largest absolute Gasteiger partial charge is 0.326 e. The van der Waals surface area contributed by atoms with Crippen molar-refractivity contribution in [2.45, 2.75) is 12.5 Å². The summed E-state index contributed by atoms with van der Waals surface area (Å²) < 4.78 is 13.8. The molecule has 1 amide bonds. The van der Waals surface area contributed by atoms with E-state index in [9.17, 15) is 14.0 Å². The number of H-pyrrole nitrogens is 1. The van der Waals surface area contributed by atoms with Crippen molar-refractivity contribution in [1.29, 1.82) is 0 Å². The zero-order valence-electron chi connectivity index (χ0n) is 13.9. The third kappa shape index (κ3) is 2.90. The molecule has 2 aromatic carbocycles. The number of benzene rings is 2. The first-order valence-electron chi connectivity index (χ1n) is 8.33. The second-order valence-corrected chi connectivity index (χ2v) is 6.21. The molecule has 26 heavy (non-hydrogen) atoms. The summed E-state index contributed by atoms with van der Waals surface area (Å²) in [5.74, 6) is -0.648. The number of amides is 1. The molecule has 0 fully saturated rings. The van der Waals surface area contributed by atoms with E-state index in [4.69, 9.17) is 0 Å². The summed E-state index contributed by atoms with van der Waals surface area (Å²) in [7, 11) is 0. The summed E-state index contributed by atoms with van der Waals surface area (Å²) in [6.07, 6.45) is 0.705. The Labute approximate surface area is 149 Å². The summed E-state index contributed by atoms with van der Waals surface area (Å²) in [6.45, 7) is 0.484. The van der Waals surface area contributed by atoms with E-state index in [-0.39, 0.29) is 23.0 Å². The van der Waals surface area contributed by atoms with Crippen LogP contribution in [0.15, 0.2) is 65.5 Å². The summed E-state index contributed by atoms with van der Waals surface area (Å²) in [4.78, 5) is 25.9. The van der Waals surface area contributed by atoms with Crippen LogP contribution in [0.25, 0.3) is 0 Å². The molecular formula is C20H16FN3O2. The van der Waals surface area contributed by atoms with E-state index in [0.717, 1.165) is 11.1 Å². The normalized spacial score (nSPS) is 16.2. The second-order valence-electron chi connectivity index (χ2n) is 6.21. The number of hydrogen-bond acceptors (Lipinski definition) is 3. The van der Waals surface area contributed by atoms with Gasteiger partial charge in [-0.1, -0.05) is 36.4 Å². The van der Waals surface area contributed by atoms with Crippen LogP contribution in [0.2, 0.25) is 0 Å². The van der Waals surface area contributed by atoms with Gasteiger partial charge in [-0.15, -0.1) is 0 Å². The molecule has 1 unspecified atom stereocenters. The summed E-state index contributed by atoms with van der Waals surface area (Å²) in [6, 6.07) is 16.4. The lowest BCUT2D eigenvalue weighted by Crippen LogP contribution is -2.41. The minimum absolute atomic E-state index is 0.158. The van der Waals surface area contributed by atoms with Gasteiger partial charge in [0.25, 0.3) is 11.5 Å². The smallest absolute Gasteiger partial charge is 0.275 e. The van der Waals surface area contributed by atoms with Crippen molar-refractivity contribution in [1.82, 2.24) is 15.1 Å². The van der Waals surface area contributed by atoms with Crippen molar-refractivity contribution in [3.05, 3.63) is 99.2 Å². The first kappa shape index (κ1) is 16.2. The standard InChI is InChI=1S/C20H16FN3O2/c21-15-6-3-5-14(12-15)19-16-7-2-1-4-13(16)10-11-24(19)20(26)17-8-9-18(25)23-22-17/h1-9,12,19H,10-11H2,(H,23,25). The van der Waals surface area contributed by atoms with Crippen LogP contribution in [0.4, 0.5) is 4.39 Å². The number of halogens is 1. The van der Waals surface area contributed by atoms with Gasteiger partial charge < -0.3 is 4.90 Å². The minimum Gasteiger partial charge on any atom is -0.326 e. The van der Waals surface area contributed by atoms with E-state index < -0.39 is 6.04 Å². The van der Waals surface area contributed by atoms with Crippen LogP contribution in [0, 0.1) is 5.82 Å². The SMILES string of the molecule is O=C(c1ccc(=O)[nH]n1)N1CCc2ccccc2C1c1cccc(F)c1. The van der Waals surface area contributed by atoms with E-state index in [2.05, 4.69) is 10.2 Å². The topological polar surface area (TPSA) is 66.1 Å². The highest BCUT2D eigenvalue weighted by atomic mass is 19.1. The average molecular weight is 349 g/mol. The van der Waals surface area contributed by atoms with Gasteiger partial charge in [0.05, 0.1) is 6.04 Å². The number of nitrogens with zero attached hydrogens (tertiary/aromatic N) is 2. The Morgan fingerprint density at radius 1 is 1.12 bits per heavy atom. The molecule has 3 aromatic rings. The van der Waals surface area contributed by atoms with E-state index in [1.807, 2.05) is 30.3 Å². The van der Waals surface area contributed by atoms with Gasteiger partial charge in [0.2, 0.25) is 0 Å². The highest BCUT2D eigenvalue weighted by Crippen LogP contribution is 2.36. The number of hydrogen-bond donors (Lipinski definition) is 1. The quantitative estimate of drug-likeness (QED) is 0.774. The van der Waals surface area contributed by atoms with Crippen molar-refractivity contribution >= 4 is 5.91 Å². The first-order valence-corrected chi connectivity index (χ1v) is 8.33. The lowest BCUT2D eigenvalue weighted by molar-refractivity contribution is 0.0687. The Morgan fingerprint density at radius 2 is 1.96 bits per heavy atom. The number of fused-ring (bicyclic) bond motifs is 1. The van der Waals surface area contributed by atoms with Crippen molar-refractivity contribution in [2.75, 3.05) is 6.54 Å². The molecule has 0 saturated heterocycles. The van der Waals surface area contributed by atoms with Gasteiger partial charge in [0, 0.05) is 12.6 Å². The number of carbonyl (C=O) groups excluding carboxylic acids is 1. The van der Waals surface area contributed by atoms with Gasteiger partial charge in [-0.05, 0) is 41.3 Å². The molecule has 0 aliphatic carbocycles. The Balaban J connectivity index is 1.81. The zero-order valence-corrected chi connectivity index (χ0v) is 13.9. The number of rotatable bonds is 2. The van der Waals surface area contributed by atoms with Crippen molar-refractivity contribution in [3.63, 3.8) is 0 Å². The van der Waals surface area contributed by atoms with Gasteiger partial charge in [0.15, 0.2) is 0 Å². The fourth-order valence-corrected chi connectivity index (χ4v) is 3.43. The predicted molar refractivity (Wildman–Crippen MR) is 94.3 cm³/mol. The third-order valence-electron chi connectivity index (χ3n) is 4.61. The van der Waals surface area contributed by atoms with Crippen LogP contribution >= 0.6 is 0 Å². The summed E-state index contributed by atoms with van der Waals surface area (Å²) in [5.41, 5.74) is 2.61. The summed E-state index contributed by atoms with van der Waals surface area (Å²) in [5, 5.41) is 6.14. The molecule has 1 atom stereocenters. The molecule has 2 heterocycles. The van der Waals surface area contributed by atoms with Crippen LogP contribution in [0.3, 0.4) is 0 Å². The maximum absolute atomic E-state index is 13.8. The van der Waals surface area contributed by atoms with Gasteiger partial charge in [0.1, 0.15) is 11.5 Å². The fraction of sp³-hybridized carbons (Fsp3) is 0.150. The number of aromatic amines is 1. The summed E-state index contributed by atoms with van der Waals surface area (Å²) >= 11 is 0. The molecule has 130 valence electrons. The molecule has 1 aliphatic heterocycles. The first-order chi connectivity index (χ1) is 12.6. The maximum atomic E-state index is 13.8. The van der Waals surface area contributed by atoms with E-state index in [1.165, 1.54) is 24.3 Å². The molecule has 4 rings (SSSR count). The van der Waals surface area contributed by atoms with Crippen molar-refractivity contribution < 1.29 is 9.18 Å². The Morgan fingerprint density at radius 3 is 2.73 bits per heavy atom. The lowest BCUT2D eigenvalue weighted by atomic mass is 9.88. The molecule has 0 spiro atoms. The van der Waals surface area contributed by atoms with Crippen LogP contribution in [0.5, 0.6) is 0 Å². The van der Waals surface area contributed by atoms with Crippen LogP contribution in [-0.2, 0) is 6.42 Å². The maximum Gasteiger partial charge on any atom is 0.275 e.